The fourth-order valence-corrected chi connectivity index (χ4v) is 4.11. The lowest BCUT2D eigenvalue weighted by molar-refractivity contribution is -0.169. The number of nitrogens with zero attached hydrogens (tertiary/aromatic N) is 2. The standard InChI is InChI=1S/C26H30ClF3N2O4/c1-19-14-21(8-9-22(19)27)35-18-25(15-24(34)31(2)16-20-6-4-3-5-7-20)17-32(12-13-36-25)23(33)10-11-26(28,29)30/h3-9,14H,10-13,15-18H2,1-2H3/t25-/m1/s1. The quantitative estimate of drug-likeness (QED) is 0.460. The van der Waals surface area contributed by atoms with Crippen LogP contribution in [0.5, 0.6) is 5.75 Å². The van der Waals surface area contributed by atoms with Crippen molar-refractivity contribution in [1.29, 1.82) is 0 Å². The van der Waals surface area contributed by atoms with Gasteiger partial charge in [-0.1, -0.05) is 41.9 Å². The number of carbonyl (C=O) groups is 2. The molecule has 2 amide bonds. The van der Waals surface area contributed by atoms with E-state index in [-0.39, 0.29) is 38.6 Å². The van der Waals surface area contributed by atoms with Crippen LogP contribution in [0.25, 0.3) is 0 Å². The molecule has 2 aromatic carbocycles. The van der Waals surface area contributed by atoms with Gasteiger partial charge in [-0.05, 0) is 36.2 Å². The van der Waals surface area contributed by atoms with E-state index in [1.807, 2.05) is 37.3 Å². The van der Waals surface area contributed by atoms with Crippen LogP contribution in [-0.2, 0) is 20.9 Å². The van der Waals surface area contributed by atoms with Crippen LogP contribution in [0.3, 0.4) is 0 Å². The maximum Gasteiger partial charge on any atom is 0.389 e. The number of ether oxygens (including phenoxy) is 2. The van der Waals surface area contributed by atoms with Gasteiger partial charge in [0.15, 0.2) is 0 Å². The predicted molar refractivity (Wildman–Crippen MR) is 130 cm³/mol. The van der Waals surface area contributed by atoms with Gasteiger partial charge < -0.3 is 19.3 Å². The molecule has 0 spiro atoms. The summed E-state index contributed by atoms with van der Waals surface area (Å²) in [4.78, 5) is 28.6. The smallest absolute Gasteiger partial charge is 0.389 e. The number of hydrogen-bond donors (Lipinski definition) is 0. The Kier molecular flexibility index (Phi) is 9.24. The second-order valence-electron chi connectivity index (χ2n) is 9.07. The monoisotopic (exact) mass is 526 g/mol. The van der Waals surface area contributed by atoms with Crippen molar-refractivity contribution in [3.05, 3.63) is 64.7 Å². The number of aryl methyl sites for hydroxylation is 1. The van der Waals surface area contributed by atoms with Crippen molar-refractivity contribution in [2.75, 3.05) is 33.4 Å². The largest absolute Gasteiger partial charge is 0.490 e. The molecule has 0 saturated carbocycles. The van der Waals surface area contributed by atoms with Crippen LogP contribution in [0.15, 0.2) is 48.5 Å². The van der Waals surface area contributed by atoms with Crippen LogP contribution in [0.4, 0.5) is 13.2 Å². The molecule has 1 fully saturated rings. The lowest BCUT2D eigenvalue weighted by Crippen LogP contribution is -2.58. The van der Waals surface area contributed by atoms with Gasteiger partial charge in [0.05, 0.1) is 26.0 Å². The third-order valence-electron chi connectivity index (χ3n) is 6.02. The van der Waals surface area contributed by atoms with Crippen molar-refractivity contribution in [2.45, 2.75) is 44.5 Å². The second kappa shape index (κ2) is 12.0. The van der Waals surface area contributed by atoms with Crippen molar-refractivity contribution in [3.8, 4) is 5.75 Å². The Morgan fingerprint density at radius 2 is 1.92 bits per heavy atom. The molecule has 2 aromatic rings. The number of hydrogen-bond acceptors (Lipinski definition) is 4. The summed E-state index contributed by atoms with van der Waals surface area (Å²) in [6.07, 6.45) is -6.38. The number of carbonyl (C=O) groups excluding carboxylic acids is 2. The van der Waals surface area contributed by atoms with Gasteiger partial charge in [0.25, 0.3) is 0 Å². The first-order valence-electron chi connectivity index (χ1n) is 11.6. The molecular weight excluding hydrogens is 497 g/mol. The highest BCUT2D eigenvalue weighted by Crippen LogP contribution is 2.29. The third kappa shape index (κ3) is 8.13. The first kappa shape index (κ1) is 27.8. The number of rotatable bonds is 9. The molecule has 0 radical (unpaired) electrons. The van der Waals surface area contributed by atoms with Crippen LogP contribution in [0, 0.1) is 6.92 Å². The molecule has 10 heteroatoms. The minimum Gasteiger partial charge on any atom is -0.490 e. The lowest BCUT2D eigenvalue weighted by atomic mass is 9.96. The van der Waals surface area contributed by atoms with Gasteiger partial charge in [-0.15, -0.1) is 0 Å². The minimum absolute atomic E-state index is 0.0544. The fourth-order valence-electron chi connectivity index (χ4n) is 3.99. The minimum atomic E-state index is -4.43. The zero-order chi connectivity index (χ0) is 26.3. The summed E-state index contributed by atoms with van der Waals surface area (Å²) >= 11 is 6.09. The van der Waals surface area contributed by atoms with Crippen molar-refractivity contribution in [2.24, 2.45) is 0 Å². The van der Waals surface area contributed by atoms with E-state index in [0.717, 1.165) is 11.1 Å². The van der Waals surface area contributed by atoms with Crippen LogP contribution in [0.2, 0.25) is 5.02 Å². The molecule has 0 aliphatic carbocycles. The number of benzene rings is 2. The molecule has 1 saturated heterocycles. The number of alkyl halides is 3. The van der Waals surface area contributed by atoms with Gasteiger partial charge >= 0.3 is 6.18 Å². The van der Waals surface area contributed by atoms with Gasteiger partial charge in [0.1, 0.15) is 18.0 Å². The summed E-state index contributed by atoms with van der Waals surface area (Å²) in [5.74, 6) is -0.364. The van der Waals surface area contributed by atoms with Gasteiger partial charge in [-0.3, -0.25) is 9.59 Å². The molecule has 1 heterocycles. The average molecular weight is 527 g/mol. The van der Waals surface area contributed by atoms with E-state index in [1.165, 1.54) is 4.90 Å². The van der Waals surface area contributed by atoms with E-state index < -0.39 is 30.5 Å². The fraction of sp³-hybridized carbons (Fsp3) is 0.462. The van der Waals surface area contributed by atoms with Gasteiger partial charge in [0, 0.05) is 31.6 Å². The Morgan fingerprint density at radius 1 is 1.19 bits per heavy atom. The normalized spacial score (nSPS) is 18.1. The highest BCUT2D eigenvalue weighted by molar-refractivity contribution is 6.31. The highest BCUT2D eigenvalue weighted by Gasteiger charge is 2.42. The molecular formula is C26H30ClF3N2O4. The van der Waals surface area contributed by atoms with Gasteiger partial charge in [-0.25, -0.2) is 0 Å². The van der Waals surface area contributed by atoms with Crippen molar-refractivity contribution < 1.29 is 32.2 Å². The van der Waals surface area contributed by atoms with Gasteiger partial charge in [0.2, 0.25) is 11.8 Å². The van der Waals surface area contributed by atoms with Crippen molar-refractivity contribution in [3.63, 3.8) is 0 Å². The summed E-state index contributed by atoms with van der Waals surface area (Å²) in [7, 11) is 1.67. The number of morpholine rings is 1. The maximum absolute atomic E-state index is 13.2. The molecule has 0 N–H and O–H groups in total. The Bertz CT molecular complexity index is 1050. The summed E-state index contributed by atoms with van der Waals surface area (Å²) < 4.78 is 50.0. The molecule has 0 bridgehead atoms. The van der Waals surface area contributed by atoms with Crippen molar-refractivity contribution >= 4 is 23.4 Å². The first-order chi connectivity index (χ1) is 17.0. The van der Waals surface area contributed by atoms with E-state index >= 15 is 0 Å². The van der Waals surface area contributed by atoms with E-state index in [9.17, 15) is 22.8 Å². The summed E-state index contributed by atoms with van der Waals surface area (Å²) in [5, 5.41) is 0.574. The Morgan fingerprint density at radius 3 is 2.58 bits per heavy atom. The molecule has 1 aliphatic rings. The molecule has 0 unspecified atom stereocenters. The maximum atomic E-state index is 13.2. The highest BCUT2D eigenvalue weighted by atomic mass is 35.5. The third-order valence-corrected chi connectivity index (χ3v) is 6.44. The molecule has 0 aromatic heterocycles. The molecule has 36 heavy (non-hydrogen) atoms. The topological polar surface area (TPSA) is 59.1 Å². The van der Waals surface area contributed by atoms with Crippen LogP contribution in [-0.4, -0.2) is 66.7 Å². The Hall–Kier alpha value is -2.78. The predicted octanol–water partition coefficient (Wildman–Crippen LogP) is 5.02. The van der Waals surface area contributed by atoms with Crippen LogP contribution in [0.1, 0.15) is 30.4 Å². The van der Waals surface area contributed by atoms with E-state index in [0.29, 0.717) is 17.3 Å². The summed E-state index contributed by atoms with van der Waals surface area (Å²) in [5.41, 5.74) is 0.529. The zero-order valence-electron chi connectivity index (χ0n) is 20.3. The lowest BCUT2D eigenvalue weighted by Gasteiger charge is -2.42. The first-order valence-corrected chi connectivity index (χ1v) is 12.0. The Balaban J connectivity index is 1.75. The molecule has 3 rings (SSSR count). The number of amides is 2. The van der Waals surface area contributed by atoms with Crippen LogP contribution < -0.4 is 4.74 Å². The van der Waals surface area contributed by atoms with E-state index in [4.69, 9.17) is 21.1 Å². The van der Waals surface area contributed by atoms with Crippen molar-refractivity contribution in [1.82, 2.24) is 9.80 Å². The molecule has 1 aliphatic heterocycles. The van der Waals surface area contributed by atoms with E-state index in [2.05, 4.69) is 0 Å². The molecule has 6 nitrogen and oxygen atoms in total. The second-order valence-corrected chi connectivity index (χ2v) is 9.48. The number of halogens is 4. The average Bonchev–Trinajstić information content (AvgIpc) is 2.83. The SMILES string of the molecule is Cc1cc(OC[C@@]2(CC(=O)N(C)Cc3ccccc3)CN(C(=O)CCC(F)(F)F)CCO2)ccc1Cl. The molecule has 196 valence electrons. The Labute approximate surface area is 213 Å². The molecule has 1 atom stereocenters. The van der Waals surface area contributed by atoms with E-state index in [1.54, 1.807) is 30.1 Å². The summed E-state index contributed by atoms with van der Waals surface area (Å²) in [6, 6.07) is 14.6. The zero-order valence-corrected chi connectivity index (χ0v) is 21.1. The van der Waals surface area contributed by atoms with Crippen LogP contribution >= 0.6 is 11.6 Å². The summed E-state index contributed by atoms with van der Waals surface area (Å²) in [6.45, 7) is 2.30. The van der Waals surface area contributed by atoms with Gasteiger partial charge in [-0.2, -0.15) is 13.2 Å².